The highest BCUT2D eigenvalue weighted by molar-refractivity contribution is 5.84. The van der Waals surface area contributed by atoms with Gasteiger partial charge in [0.1, 0.15) is 5.69 Å². The Labute approximate surface area is 83.2 Å². The van der Waals surface area contributed by atoms with E-state index in [4.69, 9.17) is 6.57 Å². The van der Waals surface area contributed by atoms with Gasteiger partial charge in [-0.15, -0.1) is 0 Å². The molecule has 0 amide bonds. The minimum atomic E-state index is -4.38. The third kappa shape index (κ3) is 1.66. The monoisotopic (exact) mass is 210 g/mol. The fourth-order valence-electron chi connectivity index (χ4n) is 1.34. The summed E-state index contributed by atoms with van der Waals surface area (Å²) in [6.45, 7) is 6.74. The van der Waals surface area contributed by atoms with Gasteiger partial charge in [-0.3, -0.25) is 0 Å². The predicted molar refractivity (Wildman–Crippen MR) is 49.6 cm³/mol. The average Bonchev–Trinajstić information content (AvgIpc) is 2.59. The molecule has 5 heteroatoms. The molecule has 0 saturated carbocycles. The van der Waals surface area contributed by atoms with Gasteiger partial charge in [-0.25, -0.2) is 4.85 Å². The zero-order valence-electron chi connectivity index (χ0n) is 7.39. The van der Waals surface area contributed by atoms with Crippen LogP contribution in [0.2, 0.25) is 0 Å². The first-order valence-electron chi connectivity index (χ1n) is 4.08. The molecule has 1 aromatic heterocycles. The molecular weight excluding hydrogens is 205 g/mol. The van der Waals surface area contributed by atoms with Crippen LogP contribution in [0.4, 0.5) is 18.9 Å². The van der Waals surface area contributed by atoms with Gasteiger partial charge in [0.15, 0.2) is 5.69 Å². The number of hydrogen-bond acceptors (Lipinski definition) is 0. The van der Waals surface area contributed by atoms with E-state index in [1.165, 1.54) is 18.2 Å². The molecule has 1 aromatic carbocycles. The molecule has 0 spiro atoms. The Hall–Kier alpha value is -1.96. The molecule has 15 heavy (non-hydrogen) atoms. The first-order valence-corrected chi connectivity index (χ1v) is 4.08. The quantitative estimate of drug-likeness (QED) is 0.639. The van der Waals surface area contributed by atoms with Gasteiger partial charge in [-0.2, -0.15) is 13.2 Å². The van der Waals surface area contributed by atoms with Gasteiger partial charge in [0.05, 0.1) is 6.57 Å². The summed E-state index contributed by atoms with van der Waals surface area (Å²) in [5, 5.41) is 0.399. The highest BCUT2D eigenvalue weighted by atomic mass is 19.4. The molecule has 0 bridgehead atoms. The number of nitrogens with zero attached hydrogens (tertiary/aromatic N) is 1. The van der Waals surface area contributed by atoms with E-state index < -0.39 is 11.9 Å². The minimum absolute atomic E-state index is 0.329. The van der Waals surface area contributed by atoms with Crippen molar-refractivity contribution in [2.45, 2.75) is 6.18 Å². The summed E-state index contributed by atoms with van der Waals surface area (Å²) in [6, 6.07) is 5.38. The van der Waals surface area contributed by atoms with Gasteiger partial charge in [-0.05, 0) is 23.6 Å². The van der Waals surface area contributed by atoms with Crippen molar-refractivity contribution >= 4 is 16.6 Å². The summed E-state index contributed by atoms with van der Waals surface area (Å²) in [5.74, 6) is 0. The van der Waals surface area contributed by atoms with Crippen LogP contribution in [0.15, 0.2) is 24.3 Å². The van der Waals surface area contributed by atoms with Crippen molar-refractivity contribution in [1.82, 2.24) is 4.98 Å². The van der Waals surface area contributed by atoms with Gasteiger partial charge in [0, 0.05) is 5.52 Å². The molecule has 0 unspecified atom stereocenters. The van der Waals surface area contributed by atoms with E-state index in [2.05, 4.69) is 9.83 Å². The van der Waals surface area contributed by atoms with E-state index in [0.29, 0.717) is 16.6 Å². The van der Waals surface area contributed by atoms with E-state index in [1.807, 2.05) is 0 Å². The maximum Gasteiger partial charge on any atom is 0.431 e. The maximum atomic E-state index is 12.3. The second-order valence-electron chi connectivity index (χ2n) is 3.06. The number of hydrogen-bond donors (Lipinski definition) is 1. The summed E-state index contributed by atoms with van der Waals surface area (Å²) < 4.78 is 37.0. The number of aromatic amines is 1. The first-order chi connectivity index (χ1) is 7.00. The van der Waals surface area contributed by atoms with Crippen LogP contribution in [-0.2, 0) is 6.18 Å². The lowest BCUT2D eigenvalue weighted by Gasteiger charge is -2.00. The van der Waals surface area contributed by atoms with Crippen molar-refractivity contribution in [1.29, 1.82) is 0 Å². The fourth-order valence-corrected chi connectivity index (χ4v) is 1.34. The zero-order chi connectivity index (χ0) is 11.1. The van der Waals surface area contributed by atoms with E-state index >= 15 is 0 Å². The van der Waals surface area contributed by atoms with Crippen LogP contribution in [0.1, 0.15) is 5.69 Å². The number of aromatic nitrogens is 1. The SMILES string of the molecule is [C-]#[N+]c1ccc2[nH]c(C(F)(F)F)cc2c1. The van der Waals surface area contributed by atoms with Crippen LogP contribution in [0.5, 0.6) is 0 Å². The Morgan fingerprint density at radius 2 is 1.93 bits per heavy atom. The van der Waals surface area contributed by atoms with E-state index in [9.17, 15) is 13.2 Å². The lowest BCUT2D eigenvalue weighted by Crippen LogP contribution is -2.04. The molecule has 1 heterocycles. The molecule has 2 rings (SSSR count). The highest BCUT2D eigenvalue weighted by Gasteiger charge is 2.32. The van der Waals surface area contributed by atoms with Crippen LogP contribution in [0.25, 0.3) is 15.7 Å². The standard InChI is InChI=1S/C10H5F3N2/c1-14-7-2-3-8-6(4-7)5-9(15-8)10(11,12)13/h2-5,15H. The number of H-pyrrole nitrogens is 1. The Morgan fingerprint density at radius 1 is 1.20 bits per heavy atom. The number of nitrogens with one attached hydrogen (secondary N) is 1. The third-order valence-electron chi connectivity index (χ3n) is 2.04. The second-order valence-corrected chi connectivity index (χ2v) is 3.06. The molecule has 0 aliphatic rings. The molecule has 0 fully saturated rings. The molecule has 0 aliphatic heterocycles. The number of benzene rings is 1. The maximum absolute atomic E-state index is 12.3. The van der Waals surface area contributed by atoms with E-state index in [-0.39, 0.29) is 0 Å². The predicted octanol–water partition coefficient (Wildman–Crippen LogP) is 3.74. The van der Waals surface area contributed by atoms with Gasteiger partial charge in [0.2, 0.25) is 0 Å². The van der Waals surface area contributed by atoms with Crippen LogP contribution < -0.4 is 0 Å². The summed E-state index contributed by atoms with van der Waals surface area (Å²) in [7, 11) is 0. The Bertz CT molecular complexity index is 546. The van der Waals surface area contributed by atoms with Crippen molar-refractivity contribution in [3.63, 3.8) is 0 Å². The smallest absolute Gasteiger partial charge is 0.351 e. The van der Waals surface area contributed by atoms with Crippen molar-refractivity contribution in [2.24, 2.45) is 0 Å². The Balaban J connectivity index is 2.62. The number of rotatable bonds is 0. The Morgan fingerprint density at radius 3 is 2.53 bits per heavy atom. The number of alkyl halides is 3. The molecule has 0 radical (unpaired) electrons. The van der Waals surface area contributed by atoms with Crippen LogP contribution in [-0.4, -0.2) is 4.98 Å². The molecule has 0 aliphatic carbocycles. The molecule has 2 nitrogen and oxygen atoms in total. The summed E-state index contributed by atoms with van der Waals surface area (Å²) in [5.41, 5.74) is -0.0791. The topological polar surface area (TPSA) is 20.1 Å². The van der Waals surface area contributed by atoms with E-state index in [1.54, 1.807) is 0 Å². The molecule has 0 atom stereocenters. The van der Waals surface area contributed by atoms with Crippen molar-refractivity contribution in [2.75, 3.05) is 0 Å². The van der Waals surface area contributed by atoms with Crippen LogP contribution in [0.3, 0.4) is 0 Å². The number of fused-ring (bicyclic) bond motifs is 1. The minimum Gasteiger partial charge on any atom is -0.351 e. The lowest BCUT2D eigenvalue weighted by atomic mass is 10.2. The second kappa shape index (κ2) is 3.02. The molecule has 0 saturated heterocycles. The largest absolute Gasteiger partial charge is 0.431 e. The molecule has 1 N–H and O–H groups in total. The van der Waals surface area contributed by atoms with Crippen molar-refractivity contribution in [3.05, 3.63) is 41.4 Å². The summed E-state index contributed by atoms with van der Waals surface area (Å²) >= 11 is 0. The highest BCUT2D eigenvalue weighted by Crippen LogP contribution is 2.32. The molecular formula is C10H5F3N2. The first kappa shape index (κ1) is 9.59. The zero-order valence-corrected chi connectivity index (χ0v) is 7.39. The van der Waals surface area contributed by atoms with E-state index in [0.717, 1.165) is 6.07 Å². The summed E-state index contributed by atoms with van der Waals surface area (Å²) in [4.78, 5) is 5.41. The number of halogens is 3. The van der Waals surface area contributed by atoms with Gasteiger partial charge >= 0.3 is 6.18 Å². The normalized spacial score (nSPS) is 11.6. The van der Waals surface area contributed by atoms with Gasteiger partial charge in [0.25, 0.3) is 0 Å². The van der Waals surface area contributed by atoms with Crippen molar-refractivity contribution in [3.8, 4) is 0 Å². The third-order valence-corrected chi connectivity index (χ3v) is 2.04. The lowest BCUT2D eigenvalue weighted by molar-refractivity contribution is -0.140. The van der Waals surface area contributed by atoms with Gasteiger partial charge in [-0.1, -0.05) is 6.07 Å². The van der Waals surface area contributed by atoms with Gasteiger partial charge < -0.3 is 4.98 Å². The fraction of sp³-hybridized carbons (Fsp3) is 0.100. The van der Waals surface area contributed by atoms with Crippen LogP contribution >= 0.6 is 0 Å². The summed E-state index contributed by atoms with van der Waals surface area (Å²) in [6.07, 6.45) is -4.38. The van der Waals surface area contributed by atoms with Crippen LogP contribution in [0, 0.1) is 6.57 Å². The van der Waals surface area contributed by atoms with Crippen molar-refractivity contribution < 1.29 is 13.2 Å². The average molecular weight is 210 g/mol. The Kier molecular flexibility index (Phi) is 1.93. The molecule has 76 valence electrons. The molecule has 2 aromatic rings.